The van der Waals surface area contributed by atoms with Gasteiger partial charge >= 0.3 is 0 Å². The second-order valence-corrected chi connectivity index (χ2v) is 3.81. The fraction of sp³-hybridized carbons (Fsp3) is 0.636. The zero-order valence-corrected chi connectivity index (χ0v) is 8.51. The van der Waals surface area contributed by atoms with Crippen molar-refractivity contribution in [2.24, 2.45) is 0 Å². The monoisotopic (exact) mass is 193 g/mol. The maximum Gasteiger partial charge on any atom is 0.147 e. The van der Waals surface area contributed by atoms with Crippen LogP contribution in [0.4, 0.5) is 0 Å². The van der Waals surface area contributed by atoms with Crippen molar-refractivity contribution in [3.05, 3.63) is 17.0 Å². The summed E-state index contributed by atoms with van der Waals surface area (Å²) < 4.78 is 5.22. The number of fused-ring (bicyclic) bond motifs is 1. The van der Waals surface area contributed by atoms with E-state index in [1.165, 1.54) is 18.4 Å². The fourth-order valence-corrected chi connectivity index (χ4v) is 1.90. The molecule has 0 radical (unpaired) electrons. The molecular formula is C11H15NO2. The van der Waals surface area contributed by atoms with Crippen molar-refractivity contribution in [1.29, 1.82) is 0 Å². The van der Waals surface area contributed by atoms with Crippen molar-refractivity contribution in [3.8, 4) is 0 Å². The third-order valence-corrected chi connectivity index (χ3v) is 2.79. The Bertz CT molecular complexity index is 341. The number of nitrogens with zero attached hydrogens (tertiary/aromatic N) is 1. The van der Waals surface area contributed by atoms with Crippen LogP contribution in [0.25, 0.3) is 0 Å². The summed E-state index contributed by atoms with van der Waals surface area (Å²) in [6, 6.07) is 0. The van der Waals surface area contributed by atoms with Crippen LogP contribution >= 0.6 is 0 Å². The van der Waals surface area contributed by atoms with Crippen LogP contribution in [-0.4, -0.2) is 10.9 Å². The lowest BCUT2D eigenvalue weighted by Crippen LogP contribution is -2.06. The van der Waals surface area contributed by atoms with E-state index in [0.29, 0.717) is 12.8 Å². The quantitative estimate of drug-likeness (QED) is 0.738. The van der Waals surface area contributed by atoms with E-state index in [2.05, 4.69) is 5.16 Å². The molecule has 3 heteroatoms. The molecular weight excluding hydrogens is 178 g/mol. The van der Waals surface area contributed by atoms with Crippen LogP contribution < -0.4 is 0 Å². The molecule has 14 heavy (non-hydrogen) atoms. The summed E-state index contributed by atoms with van der Waals surface area (Å²) in [6.45, 7) is 1.88. The Kier molecular flexibility index (Phi) is 2.66. The standard InChI is InChI=1S/C11H15NO2/c1-2-8(13)7-11-9-5-3-4-6-10(9)12-14-11/h2-7H2,1H3. The molecule has 2 rings (SSSR count). The lowest BCUT2D eigenvalue weighted by molar-refractivity contribution is -0.118. The zero-order valence-electron chi connectivity index (χ0n) is 8.51. The first-order chi connectivity index (χ1) is 6.81. The maximum atomic E-state index is 11.3. The van der Waals surface area contributed by atoms with Gasteiger partial charge in [0.25, 0.3) is 0 Å². The average Bonchev–Trinajstić information content (AvgIpc) is 2.62. The Balaban J connectivity index is 2.18. The van der Waals surface area contributed by atoms with Gasteiger partial charge < -0.3 is 4.52 Å². The van der Waals surface area contributed by atoms with Gasteiger partial charge in [-0.25, -0.2) is 0 Å². The van der Waals surface area contributed by atoms with Crippen LogP contribution in [0.3, 0.4) is 0 Å². The second kappa shape index (κ2) is 3.95. The molecule has 0 amide bonds. The summed E-state index contributed by atoms with van der Waals surface area (Å²) in [5, 5.41) is 4.02. The molecule has 0 saturated carbocycles. The van der Waals surface area contributed by atoms with Gasteiger partial charge in [-0.1, -0.05) is 12.1 Å². The Morgan fingerprint density at radius 3 is 3.00 bits per heavy atom. The Morgan fingerprint density at radius 1 is 1.43 bits per heavy atom. The van der Waals surface area contributed by atoms with Gasteiger partial charge in [0.1, 0.15) is 11.5 Å². The van der Waals surface area contributed by atoms with Crippen molar-refractivity contribution >= 4 is 5.78 Å². The molecule has 0 spiro atoms. The van der Waals surface area contributed by atoms with Crippen LogP contribution in [-0.2, 0) is 24.1 Å². The van der Waals surface area contributed by atoms with Gasteiger partial charge in [-0.2, -0.15) is 0 Å². The van der Waals surface area contributed by atoms with Crippen molar-refractivity contribution in [2.45, 2.75) is 45.4 Å². The molecule has 1 heterocycles. The number of hydrogen-bond donors (Lipinski definition) is 0. The number of hydrogen-bond acceptors (Lipinski definition) is 3. The van der Waals surface area contributed by atoms with Gasteiger partial charge in [-0.05, 0) is 25.7 Å². The second-order valence-electron chi connectivity index (χ2n) is 3.81. The van der Waals surface area contributed by atoms with Crippen molar-refractivity contribution in [3.63, 3.8) is 0 Å². The third-order valence-electron chi connectivity index (χ3n) is 2.79. The van der Waals surface area contributed by atoms with Crippen LogP contribution in [0.2, 0.25) is 0 Å². The highest BCUT2D eigenvalue weighted by Gasteiger charge is 2.20. The SMILES string of the molecule is CCC(=O)Cc1onc2c1CCCC2. The van der Waals surface area contributed by atoms with E-state index >= 15 is 0 Å². The predicted molar refractivity (Wildman–Crippen MR) is 52.1 cm³/mol. The number of ketones is 1. The van der Waals surface area contributed by atoms with E-state index in [-0.39, 0.29) is 5.78 Å². The lowest BCUT2D eigenvalue weighted by atomic mass is 9.95. The van der Waals surface area contributed by atoms with E-state index in [1.54, 1.807) is 0 Å². The number of carbonyl (C=O) groups is 1. The van der Waals surface area contributed by atoms with Gasteiger partial charge in [0.15, 0.2) is 0 Å². The molecule has 0 saturated heterocycles. The van der Waals surface area contributed by atoms with Crippen LogP contribution in [0.5, 0.6) is 0 Å². The third kappa shape index (κ3) is 1.72. The first kappa shape index (κ1) is 9.44. The predicted octanol–water partition coefficient (Wildman–Crippen LogP) is 2.08. The van der Waals surface area contributed by atoms with E-state index in [0.717, 1.165) is 24.3 Å². The lowest BCUT2D eigenvalue weighted by Gasteiger charge is -2.08. The van der Waals surface area contributed by atoms with Crippen molar-refractivity contribution in [1.82, 2.24) is 5.16 Å². The van der Waals surface area contributed by atoms with Gasteiger partial charge in [-0.15, -0.1) is 0 Å². The molecule has 0 aromatic carbocycles. The summed E-state index contributed by atoms with van der Waals surface area (Å²) in [4.78, 5) is 11.3. The minimum Gasteiger partial charge on any atom is -0.360 e. The molecule has 76 valence electrons. The molecule has 0 bridgehead atoms. The molecule has 0 fully saturated rings. The summed E-state index contributed by atoms with van der Waals surface area (Å²) in [5.74, 6) is 1.04. The maximum absolute atomic E-state index is 11.3. The molecule has 0 unspecified atom stereocenters. The number of rotatable bonds is 3. The highest BCUT2D eigenvalue weighted by atomic mass is 16.5. The molecule has 1 aliphatic rings. The average molecular weight is 193 g/mol. The molecule has 0 N–H and O–H groups in total. The minimum absolute atomic E-state index is 0.231. The number of aryl methyl sites for hydroxylation is 1. The highest BCUT2D eigenvalue weighted by molar-refractivity contribution is 5.80. The molecule has 1 aliphatic carbocycles. The Morgan fingerprint density at radius 2 is 2.21 bits per heavy atom. The van der Waals surface area contributed by atoms with E-state index < -0.39 is 0 Å². The normalized spacial score (nSPS) is 15.2. The molecule has 0 aliphatic heterocycles. The summed E-state index contributed by atoms with van der Waals surface area (Å²) in [5.41, 5.74) is 2.29. The van der Waals surface area contributed by atoms with Gasteiger partial charge in [0.05, 0.1) is 12.1 Å². The van der Waals surface area contributed by atoms with E-state index in [4.69, 9.17) is 4.52 Å². The number of aromatic nitrogens is 1. The molecule has 1 aromatic heterocycles. The minimum atomic E-state index is 0.231. The summed E-state index contributed by atoms with van der Waals surface area (Å²) in [7, 11) is 0. The van der Waals surface area contributed by atoms with Crippen molar-refractivity contribution in [2.75, 3.05) is 0 Å². The van der Waals surface area contributed by atoms with Gasteiger partial charge in [-0.3, -0.25) is 4.79 Å². The molecule has 3 nitrogen and oxygen atoms in total. The van der Waals surface area contributed by atoms with E-state index in [1.807, 2.05) is 6.92 Å². The fourth-order valence-electron chi connectivity index (χ4n) is 1.90. The summed E-state index contributed by atoms with van der Waals surface area (Å²) in [6.07, 6.45) is 5.45. The highest BCUT2D eigenvalue weighted by Crippen LogP contribution is 2.24. The first-order valence-corrected chi connectivity index (χ1v) is 5.29. The van der Waals surface area contributed by atoms with Crippen molar-refractivity contribution < 1.29 is 9.32 Å². The molecule has 0 atom stereocenters. The Labute approximate surface area is 83.5 Å². The van der Waals surface area contributed by atoms with Crippen LogP contribution in [0, 0.1) is 0 Å². The summed E-state index contributed by atoms with van der Waals surface area (Å²) >= 11 is 0. The number of Topliss-reactive ketones (excluding diaryl/α,β-unsaturated/α-hetero) is 1. The van der Waals surface area contributed by atoms with Gasteiger partial charge in [0.2, 0.25) is 0 Å². The zero-order chi connectivity index (χ0) is 9.97. The van der Waals surface area contributed by atoms with Crippen LogP contribution in [0.1, 0.15) is 43.2 Å². The topological polar surface area (TPSA) is 43.1 Å². The Hall–Kier alpha value is -1.12. The largest absolute Gasteiger partial charge is 0.360 e. The van der Waals surface area contributed by atoms with E-state index in [9.17, 15) is 4.79 Å². The van der Waals surface area contributed by atoms with Gasteiger partial charge in [0, 0.05) is 12.0 Å². The number of carbonyl (C=O) groups excluding carboxylic acids is 1. The smallest absolute Gasteiger partial charge is 0.147 e. The molecule has 1 aromatic rings. The van der Waals surface area contributed by atoms with Crippen LogP contribution in [0.15, 0.2) is 4.52 Å². The first-order valence-electron chi connectivity index (χ1n) is 5.29.